The maximum absolute atomic E-state index is 12.6. The number of pyridine rings is 1. The minimum Gasteiger partial charge on any atom is -0.508 e. The van der Waals surface area contributed by atoms with Crippen molar-refractivity contribution in [1.29, 1.82) is 0 Å². The highest BCUT2D eigenvalue weighted by atomic mass is 19.1. The number of phenols is 1. The van der Waals surface area contributed by atoms with E-state index in [0.29, 0.717) is 0 Å². The number of aromatic nitrogens is 1. The summed E-state index contributed by atoms with van der Waals surface area (Å²) in [6.07, 6.45) is 0.989. The Labute approximate surface area is 103 Å². The monoisotopic (exact) mass is 246 g/mol. The van der Waals surface area contributed by atoms with Gasteiger partial charge in [-0.3, -0.25) is 4.79 Å². The van der Waals surface area contributed by atoms with E-state index in [9.17, 15) is 14.3 Å². The van der Waals surface area contributed by atoms with Crippen molar-refractivity contribution in [1.82, 2.24) is 10.3 Å². The summed E-state index contributed by atoms with van der Waals surface area (Å²) in [5.41, 5.74) is 0.919. The standard InChI is InChI=1S/C13H11FN2O2/c14-10-4-5-12(15-8-10)13(18)16-7-9-2-1-3-11(17)6-9/h1-6,8,17H,7H2,(H,16,18). The molecule has 1 aromatic heterocycles. The molecule has 2 N–H and O–H groups in total. The first-order valence-corrected chi connectivity index (χ1v) is 5.33. The number of aromatic hydroxyl groups is 1. The van der Waals surface area contributed by atoms with Crippen LogP contribution in [0.3, 0.4) is 0 Å². The molecule has 92 valence electrons. The first kappa shape index (κ1) is 12.0. The molecule has 0 bridgehead atoms. The van der Waals surface area contributed by atoms with E-state index in [4.69, 9.17) is 0 Å². The van der Waals surface area contributed by atoms with Crippen LogP contribution in [-0.4, -0.2) is 16.0 Å². The number of carbonyl (C=O) groups excluding carboxylic acids is 1. The van der Waals surface area contributed by atoms with Crippen molar-refractivity contribution in [2.24, 2.45) is 0 Å². The van der Waals surface area contributed by atoms with Crippen LogP contribution < -0.4 is 5.32 Å². The van der Waals surface area contributed by atoms with Crippen LogP contribution in [0.4, 0.5) is 4.39 Å². The number of amides is 1. The first-order valence-electron chi connectivity index (χ1n) is 5.33. The molecule has 0 atom stereocenters. The zero-order valence-electron chi connectivity index (χ0n) is 9.43. The van der Waals surface area contributed by atoms with Gasteiger partial charge in [-0.15, -0.1) is 0 Å². The number of nitrogens with zero attached hydrogens (tertiary/aromatic N) is 1. The third-order valence-corrected chi connectivity index (χ3v) is 2.32. The van der Waals surface area contributed by atoms with Crippen LogP contribution in [0.5, 0.6) is 5.75 Å². The molecule has 0 radical (unpaired) electrons. The summed E-state index contributed by atoms with van der Waals surface area (Å²) < 4.78 is 12.6. The van der Waals surface area contributed by atoms with Crippen LogP contribution in [-0.2, 0) is 6.54 Å². The maximum Gasteiger partial charge on any atom is 0.270 e. The fraction of sp³-hybridized carbons (Fsp3) is 0.0769. The van der Waals surface area contributed by atoms with Crippen molar-refractivity contribution in [2.45, 2.75) is 6.54 Å². The lowest BCUT2D eigenvalue weighted by atomic mass is 10.2. The predicted octanol–water partition coefficient (Wildman–Crippen LogP) is 1.86. The molecule has 0 fully saturated rings. The van der Waals surface area contributed by atoms with Gasteiger partial charge in [-0.25, -0.2) is 9.37 Å². The Morgan fingerprint density at radius 2 is 2.17 bits per heavy atom. The number of carbonyl (C=O) groups is 1. The summed E-state index contributed by atoms with van der Waals surface area (Å²) >= 11 is 0. The van der Waals surface area contributed by atoms with Crippen molar-refractivity contribution in [3.8, 4) is 5.75 Å². The molecule has 0 saturated heterocycles. The van der Waals surface area contributed by atoms with Gasteiger partial charge in [-0.2, -0.15) is 0 Å². The van der Waals surface area contributed by atoms with E-state index < -0.39 is 11.7 Å². The van der Waals surface area contributed by atoms with E-state index in [1.54, 1.807) is 24.3 Å². The summed E-state index contributed by atoms with van der Waals surface area (Å²) in [6, 6.07) is 9.06. The number of hydrogen-bond donors (Lipinski definition) is 2. The topological polar surface area (TPSA) is 62.2 Å². The molecule has 0 saturated carbocycles. The summed E-state index contributed by atoms with van der Waals surface area (Å²) in [4.78, 5) is 15.3. The van der Waals surface area contributed by atoms with Crippen molar-refractivity contribution in [2.75, 3.05) is 0 Å². The highest BCUT2D eigenvalue weighted by molar-refractivity contribution is 5.92. The van der Waals surface area contributed by atoms with Crippen LogP contribution >= 0.6 is 0 Å². The van der Waals surface area contributed by atoms with E-state index in [1.807, 2.05) is 0 Å². The zero-order chi connectivity index (χ0) is 13.0. The number of halogens is 1. The molecular weight excluding hydrogens is 235 g/mol. The van der Waals surface area contributed by atoms with Crippen LogP contribution in [0, 0.1) is 5.82 Å². The molecule has 0 unspecified atom stereocenters. The Bertz CT molecular complexity index is 555. The highest BCUT2D eigenvalue weighted by Gasteiger charge is 2.06. The quantitative estimate of drug-likeness (QED) is 0.868. The van der Waals surface area contributed by atoms with Gasteiger partial charge in [0.15, 0.2) is 0 Å². The molecule has 0 aliphatic heterocycles. The third-order valence-electron chi connectivity index (χ3n) is 2.32. The normalized spacial score (nSPS) is 10.1. The zero-order valence-corrected chi connectivity index (χ0v) is 9.43. The predicted molar refractivity (Wildman–Crippen MR) is 63.5 cm³/mol. The largest absolute Gasteiger partial charge is 0.508 e. The van der Waals surface area contributed by atoms with Crippen molar-refractivity contribution in [3.05, 3.63) is 59.7 Å². The minimum atomic E-state index is -0.487. The molecule has 2 rings (SSSR count). The van der Waals surface area contributed by atoms with Gasteiger partial charge in [0.2, 0.25) is 0 Å². The van der Waals surface area contributed by atoms with Crippen molar-refractivity contribution in [3.63, 3.8) is 0 Å². The summed E-state index contributed by atoms with van der Waals surface area (Å²) in [6.45, 7) is 0.270. The molecule has 5 heteroatoms. The molecule has 1 heterocycles. The van der Waals surface area contributed by atoms with E-state index in [0.717, 1.165) is 11.8 Å². The Kier molecular flexibility index (Phi) is 3.52. The number of phenolic OH excluding ortho intramolecular Hbond substituents is 1. The van der Waals surface area contributed by atoms with Gasteiger partial charge in [0.05, 0.1) is 6.20 Å². The van der Waals surface area contributed by atoms with Crippen LogP contribution in [0.2, 0.25) is 0 Å². The second-order valence-electron chi connectivity index (χ2n) is 3.71. The number of benzene rings is 1. The van der Waals surface area contributed by atoms with Gasteiger partial charge >= 0.3 is 0 Å². The second kappa shape index (κ2) is 5.27. The summed E-state index contributed by atoms with van der Waals surface area (Å²) in [7, 11) is 0. The Hall–Kier alpha value is -2.43. The van der Waals surface area contributed by atoms with E-state index >= 15 is 0 Å². The average Bonchev–Trinajstić information content (AvgIpc) is 2.37. The van der Waals surface area contributed by atoms with Crippen molar-refractivity contribution < 1.29 is 14.3 Å². The lowest BCUT2D eigenvalue weighted by Crippen LogP contribution is -2.23. The van der Waals surface area contributed by atoms with E-state index in [-0.39, 0.29) is 18.0 Å². The van der Waals surface area contributed by atoms with E-state index in [1.165, 1.54) is 12.1 Å². The molecule has 0 aliphatic carbocycles. The van der Waals surface area contributed by atoms with Gasteiger partial charge < -0.3 is 10.4 Å². The molecular formula is C13H11FN2O2. The lowest BCUT2D eigenvalue weighted by molar-refractivity contribution is 0.0946. The third kappa shape index (κ3) is 3.04. The first-order chi connectivity index (χ1) is 8.65. The van der Waals surface area contributed by atoms with Gasteiger partial charge in [0.1, 0.15) is 17.3 Å². The van der Waals surface area contributed by atoms with Crippen molar-refractivity contribution >= 4 is 5.91 Å². The minimum absolute atomic E-state index is 0.140. The second-order valence-corrected chi connectivity index (χ2v) is 3.71. The SMILES string of the molecule is O=C(NCc1cccc(O)c1)c1ccc(F)cn1. The number of hydrogen-bond acceptors (Lipinski definition) is 3. The fourth-order valence-electron chi connectivity index (χ4n) is 1.45. The van der Waals surface area contributed by atoms with Crippen LogP contribution in [0.25, 0.3) is 0 Å². The molecule has 2 aromatic rings. The summed E-state index contributed by atoms with van der Waals surface area (Å²) in [5, 5.41) is 11.9. The highest BCUT2D eigenvalue weighted by Crippen LogP contribution is 2.10. The molecule has 4 nitrogen and oxygen atoms in total. The van der Waals surface area contributed by atoms with Crippen LogP contribution in [0.15, 0.2) is 42.6 Å². The number of nitrogens with one attached hydrogen (secondary N) is 1. The van der Waals surface area contributed by atoms with Gasteiger partial charge in [-0.05, 0) is 29.8 Å². The number of rotatable bonds is 3. The molecule has 1 amide bonds. The molecule has 0 spiro atoms. The van der Waals surface area contributed by atoms with Crippen LogP contribution in [0.1, 0.15) is 16.1 Å². The Morgan fingerprint density at radius 3 is 2.83 bits per heavy atom. The van der Waals surface area contributed by atoms with Gasteiger partial charge in [0.25, 0.3) is 5.91 Å². The molecule has 0 aliphatic rings. The van der Waals surface area contributed by atoms with E-state index in [2.05, 4.69) is 10.3 Å². The maximum atomic E-state index is 12.6. The Balaban J connectivity index is 1.98. The summed E-state index contributed by atoms with van der Waals surface area (Å²) in [5.74, 6) is -0.737. The van der Waals surface area contributed by atoms with Gasteiger partial charge in [-0.1, -0.05) is 12.1 Å². The molecule has 18 heavy (non-hydrogen) atoms. The smallest absolute Gasteiger partial charge is 0.270 e. The molecule has 1 aromatic carbocycles. The van der Waals surface area contributed by atoms with Gasteiger partial charge in [0, 0.05) is 6.54 Å². The Morgan fingerprint density at radius 1 is 1.33 bits per heavy atom. The fourth-order valence-corrected chi connectivity index (χ4v) is 1.45. The lowest BCUT2D eigenvalue weighted by Gasteiger charge is -2.05. The average molecular weight is 246 g/mol.